The van der Waals surface area contributed by atoms with E-state index in [-0.39, 0.29) is 13.0 Å². The zero-order valence-corrected chi connectivity index (χ0v) is 11.4. The lowest BCUT2D eigenvalue weighted by atomic mass is 10.0. The second-order valence-corrected chi connectivity index (χ2v) is 4.22. The first-order valence-corrected chi connectivity index (χ1v) is 6.31. The van der Waals surface area contributed by atoms with E-state index in [4.69, 9.17) is 0 Å². The van der Waals surface area contributed by atoms with Crippen molar-refractivity contribution in [1.82, 2.24) is 0 Å². The Bertz CT molecular complexity index is 529. The Morgan fingerprint density at radius 2 is 1.90 bits per heavy atom. The average molecular weight is 300 g/mol. The molecule has 1 unspecified atom stereocenters. The van der Waals surface area contributed by atoms with Gasteiger partial charge in [-0.3, -0.25) is 0 Å². The number of halogens is 3. The molecule has 114 valence electrons. The molecule has 0 fully saturated rings. The van der Waals surface area contributed by atoms with Crippen molar-refractivity contribution in [3.8, 4) is 11.8 Å². The van der Waals surface area contributed by atoms with Gasteiger partial charge in [0.15, 0.2) is 0 Å². The van der Waals surface area contributed by atoms with Crippen LogP contribution in [0.2, 0.25) is 0 Å². The Balaban J connectivity index is 2.79. The van der Waals surface area contributed by atoms with Crippen molar-refractivity contribution in [3.05, 3.63) is 35.9 Å². The van der Waals surface area contributed by atoms with Gasteiger partial charge in [0.25, 0.3) is 0 Å². The van der Waals surface area contributed by atoms with Gasteiger partial charge in [0, 0.05) is 6.42 Å². The molecule has 6 heteroatoms. The molecule has 3 nitrogen and oxygen atoms in total. The average Bonchev–Trinajstić information content (AvgIpc) is 2.43. The third-order valence-electron chi connectivity index (χ3n) is 2.63. The zero-order valence-electron chi connectivity index (χ0n) is 11.4. The molecule has 0 amide bonds. The minimum atomic E-state index is -5.21. The Morgan fingerprint density at radius 1 is 1.29 bits per heavy atom. The van der Waals surface area contributed by atoms with Gasteiger partial charge in [-0.15, -0.1) is 0 Å². The Labute approximate surface area is 120 Å². The Hall–Kier alpha value is -2.00. The summed E-state index contributed by atoms with van der Waals surface area (Å²) < 4.78 is 42.6. The molecule has 0 radical (unpaired) electrons. The Kier molecular flexibility index (Phi) is 5.79. The molecule has 0 bridgehead atoms. The molecule has 0 saturated heterocycles. The predicted molar refractivity (Wildman–Crippen MR) is 70.2 cm³/mol. The molecule has 1 N–H and O–H groups in total. The van der Waals surface area contributed by atoms with Crippen LogP contribution in [-0.4, -0.2) is 29.5 Å². The number of carbonyl (C=O) groups excluding carboxylic acids is 1. The molecular formula is C15H15F3O3. The Morgan fingerprint density at radius 3 is 2.43 bits per heavy atom. The second kappa shape index (κ2) is 7.14. The van der Waals surface area contributed by atoms with Crippen LogP contribution in [-0.2, 0) is 16.0 Å². The lowest BCUT2D eigenvalue weighted by molar-refractivity contribution is -0.242. The van der Waals surface area contributed by atoms with Crippen LogP contribution >= 0.6 is 0 Å². The van der Waals surface area contributed by atoms with Crippen molar-refractivity contribution in [2.24, 2.45) is 0 Å². The highest BCUT2D eigenvalue weighted by Crippen LogP contribution is 2.31. The number of hydrogen-bond acceptors (Lipinski definition) is 3. The first kappa shape index (κ1) is 17.1. The standard InChI is InChI=1S/C15H15F3O3/c1-2-21-13(19)14(20,15(16,17)18)11-7-6-10-12-8-4-3-5-9-12/h3-5,8-9,20H,2,6,10H2,1H3. The van der Waals surface area contributed by atoms with Gasteiger partial charge in [-0.05, 0) is 24.8 Å². The highest BCUT2D eigenvalue weighted by atomic mass is 19.4. The molecule has 0 spiro atoms. The number of hydrogen-bond donors (Lipinski definition) is 1. The highest BCUT2D eigenvalue weighted by Gasteiger charge is 2.60. The van der Waals surface area contributed by atoms with Crippen LogP contribution in [0.15, 0.2) is 30.3 Å². The zero-order chi connectivity index (χ0) is 15.9. The van der Waals surface area contributed by atoms with Gasteiger partial charge in [-0.25, -0.2) is 4.79 Å². The van der Waals surface area contributed by atoms with Crippen molar-refractivity contribution in [2.75, 3.05) is 6.61 Å². The minimum absolute atomic E-state index is 0.0851. The molecule has 0 aliphatic rings. The monoisotopic (exact) mass is 300 g/mol. The maximum Gasteiger partial charge on any atom is 0.440 e. The summed E-state index contributed by atoms with van der Waals surface area (Å²) in [5.41, 5.74) is -2.88. The van der Waals surface area contributed by atoms with Crippen molar-refractivity contribution < 1.29 is 27.8 Å². The quantitative estimate of drug-likeness (QED) is 0.686. The molecular weight excluding hydrogens is 285 g/mol. The summed E-state index contributed by atoms with van der Waals surface area (Å²) in [6.45, 7) is 1.07. The number of alkyl halides is 3. The SMILES string of the molecule is CCOC(=O)C(O)(C#CCCc1ccccc1)C(F)(F)F. The van der Waals surface area contributed by atoms with E-state index in [1.54, 1.807) is 18.1 Å². The largest absolute Gasteiger partial charge is 0.463 e. The maximum atomic E-state index is 12.8. The molecule has 0 aliphatic heterocycles. The molecule has 0 aromatic heterocycles. The van der Waals surface area contributed by atoms with Gasteiger partial charge >= 0.3 is 17.7 Å². The van der Waals surface area contributed by atoms with Crippen molar-refractivity contribution in [2.45, 2.75) is 31.5 Å². The number of ether oxygens (including phenoxy) is 1. The van der Waals surface area contributed by atoms with Gasteiger partial charge in [0.2, 0.25) is 0 Å². The number of aryl methyl sites for hydroxylation is 1. The number of carbonyl (C=O) groups is 1. The van der Waals surface area contributed by atoms with E-state index in [0.29, 0.717) is 6.42 Å². The molecule has 0 saturated carbocycles. The maximum absolute atomic E-state index is 12.8. The van der Waals surface area contributed by atoms with Gasteiger partial charge in [0.05, 0.1) is 6.61 Å². The van der Waals surface area contributed by atoms with Crippen LogP contribution < -0.4 is 0 Å². The lowest BCUT2D eigenvalue weighted by Gasteiger charge is -2.22. The number of benzene rings is 1. The van der Waals surface area contributed by atoms with E-state index >= 15 is 0 Å². The number of esters is 1. The summed E-state index contributed by atoms with van der Waals surface area (Å²) >= 11 is 0. The smallest absolute Gasteiger partial charge is 0.440 e. The normalized spacial score (nSPS) is 13.8. The van der Waals surface area contributed by atoms with Crippen molar-refractivity contribution >= 4 is 5.97 Å². The molecule has 0 heterocycles. The third-order valence-corrected chi connectivity index (χ3v) is 2.63. The molecule has 1 aromatic rings. The molecule has 0 aliphatic carbocycles. The van der Waals surface area contributed by atoms with E-state index in [9.17, 15) is 23.1 Å². The molecule has 1 atom stereocenters. The minimum Gasteiger partial charge on any atom is -0.463 e. The summed E-state index contributed by atoms with van der Waals surface area (Å²) in [7, 11) is 0. The summed E-state index contributed by atoms with van der Waals surface area (Å²) in [5.74, 6) is 2.00. The van der Waals surface area contributed by atoms with Crippen LogP contribution in [0.5, 0.6) is 0 Å². The third kappa shape index (κ3) is 4.50. The highest BCUT2D eigenvalue weighted by molar-refractivity contribution is 5.84. The lowest BCUT2D eigenvalue weighted by Crippen LogP contribution is -2.52. The van der Waals surface area contributed by atoms with Crippen molar-refractivity contribution in [3.63, 3.8) is 0 Å². The van der Waals surface area contributed by atoms with Crippen LogP contribution in [0, 0.1) is 11.8 Å². The summed E-state index contributed by atoms with van der Waals surface area (Å²) in [6.07, 6.45) is -4.70. The first-order valence-electron chi connectivity index (χ1n) is 6.31. The van der Waals surface area contributed by atoms with Crippen molar-refractivity contribution in [1.29, 1.82) is 0 Å². The second-order valence-electron chi connectivity index (χ2n) is 4.22. The number of aliphatic hydroxyl groups is 1. The van der Waals surface area contributed by atoms with E-state index in [0.717, 1.165) is 5.56 Å². The van der Waals surface area contributed by atoms with E-state index in [1.165, 1.54) is 6.92 Å². The number of rotatable bonds is 4. The van der Waals surface area contributed by atoms with Crippen LogP contribution in [0.25, 0.3) is 0 Å². The van der Waals surface area contributed by atoms with Gasteiger partial charge in [-0.1, -0.05) is 36.3 Å². The first-order chi connectivity index (χ1) is 9.81. The van der Waals surface area contributed by atoms with E-state index in [2.05, 4.69) is 10.7 Å². The summed E-state index contributed by atoms with van der Waals surface area (Å²) in [6, 6.07) is 9.03. The van der Waals surface area contributed by atoms with Gasteiger partial charge in [0.1, 0.15) is 0 Å². The fourth-order valence-electron chi connectivity index (χ4n) is 1.52. The topological polar surface area (TPSA) is 46.5 Å². The molecule has 1 rings (SSSR count). The van der Waals surface area contributed by atoms with Gasteiger partial charge in [-0.2, -0.15) is 13.2 Å². The van der Waals surface area contributed by atoms with Crippen LogP contribution in [0.1, 0.15) is 18.9 Å². The van der Waals surface area contributed by atoms with E-state index < -0.39 is 17.7 Å². The summed E-state index contributed by atoms with van der Waals surface area (Å²) in [5, 5.41) is 9.47. The van der Waals surface area contributed by atoms with E-state index in [1.807, 2.05) is 18.2 Å². The van der Waals surface area contributed by atoms with Crippen LogP contribution in [0.4, 0.5) is 13.2 Å². The summed E-state index contributed by atoms with van der Waals surface area (Å²) in [4.78, 5) is 11.3. The fraction of sp³-hybridized carbons (Fsp3) is 0.400. The fourth-order valence-corrected chi connectivity index (χ4v) is 1.52. The van der Waals surface area contributed by atoms with Crippen LogP contribution in [0.3, 0.4) is 0 Å². The van der Waals surface area contributed by atoms with Gasteiger partial charge < -0.3 is 9.84 Å². The molecule has 1 aromatic carbocycles. The molecule has 21 heavy (non-hydrogen) atoms. The predicted octanol–water partition coefficient (Wildman–Crippen LogP) is 2.48.